The minimum atomic E-state index is -3.69. The monoisotopic (exact) mass is 589 g/mol. The van der Waals surface area contributed by atoms with Gasteiger partial charge in [0.25, 0.3) is 0 Å². The predicted molar refractivity (Wildman–Crippen MR) is 173 cm³/mol. The van der Waals surface area contributed by atoms with E-state index in [1.165, 1.54) is 4.31 Å². The van der Waals surface area contributed by atoms with E-state index in [1.807, 2.05) is 111 Å². The molecular weight excluding hydrogens is 558 g/mol. The van der Waals surface area contributed by atoms with E-state index >= 15 is 0 Å². The number of carbonyl (C=O) groups is 2. The lowest BCUT2D eigenvalue weighted by atomic mass is 10.0. The van der Waals surface area contributed by atoms with Crippen molar-refractivity contribution < 1.29 is 18.0 Å². The lowest BCUT2D eigenvalue weighted by molar-refractivity contribution is -0.124. The van der Waals surface area contributed by atoms with Crippen molar-refractivity contribution in [2.24, 2.45) is 0 Å². The third-order valence-electron chi connectivity index (χ3n) is 8.11. The molecule has 1 heterocycles. The highest BCUT2D eigenvalue weighted by Gasteiger charge is 2.29. The molecule has 6 rings (SSSR count). The second-order valence-electron chi connectivity index (χ2n) is 10.8. The molecule has 8 heteroatoms. The Morgan fingerprint density at radius 2 is 1.53 bits per heavy atom. The Bertz CT molecular complexity index is 2000. The molecule has 5 aromatic carbocycles. The van der Waals surface area contributed by atoms with Crippen LogP contribution in [0.5, 0.6) is 0 Å². The molecule has 0 aromatic heterocycles. The fraction of sp³-hybridized carbons (Fsp3) is 0.143. The number of aryl methyl sites for hydroxylation is 1. The van der Waals surface area contributed by atoms with Gasteiger partial charge in [-0.3, -0.25) is 18.8 Å². The number of fused-ring (bicyclic) bond motifs is 3. The van der Waals surface area contributed by atoms with Crippen molar-refractivity contribution >= 4 is 55.4 Å². The molecule has 7 nitrogen and oxygen atoms in total. The van der Waals surface area contributed by atoms with Crippen molar-refractivity contribution in [1.82, 2.24) is 0 Å². The lowest BCUT2D eigenvalue weighted by Crippen LogP contribution is -2.28. The number of nitrogens with zero attached hydrogens (tertiary/aromatic N) is 2. The largest absolute Gasteiger partial charge is 0.324 e. The average molecular weight is 590 g/mol. The highest BCUT2D eigenvalue weighted by atomic mass is 32.2. The number of hydrogen-bond acceptors (Lipinski definition) is 4. The molecule has 0 atom stereocenters. The van der Waals surface area contributed by atoms with E-state index in [1.54, 1.807) is 18.0 Å². The van der Waals surface area contributed by atoms with Crippen LogP contribution in [0.2, 0.25) is 0 Å². The summed E-state index contributed by atoms with van der Waals surface area (Å²) in [6.45, 7) is 3.92. The summed E-state index contributed by atoms with van der Waals surface area (Å²) in [6.07, 6.45) is -0.281. The standard InChI is InChI=1S/C35H31N3O4S/c1-23-9-8-11-27(24(23)2)22-43(41,42)37(3)32-14-7-6-12-29(32)26-15-18-28(19-16-26)38-34(40)21-33(39)36-31-20-17-25-10-4-5-13-30(25)35(31)38/h4-20H,21-22H2,1-3H3,(H,36,39). The number of amides is 2. The second kappa shape index (κ2) is 11.0. The fourth-order valence-corrected chi connectivity index (χ4v) is 6.96. The smallest absolute Gasteiger partial charge is 0.241 e. The van der Waals surface area contributed by atoms with Gasteiger partial charge in [0.05, 0.1) is 22.8 Å². The Balaban J connectivity index is 1.37. The Morgan fingerprint density at radius 1 is 0.814 bits per heavy atom. The first kappa shape index (κ1) is 28.2. The van der Waals surface area contributed by atoms with E-state index in [0.29, 0.717) is 22.7 Å². The van der Waals surface area contributed by atoms with Gasteiger partial charge in [-0.2, -0.15) is 0 Å². The van der Waals surface area contributed by atoms with Crippen LogP contribution in [-0.4, -0.2) is 27.3 Å². The van der Waals surface area contributed by atoms with Gasteiger partial charge in [-0.25, -0.2) is 8.42 Å². The zero-order valence-corrected chi connectivity index (χ0v) is 25.0. The number of sulfonamides is 1. The van der Waals surface area contributed by atoms with Gasteiger partial charge in [0.2, 0.25) is 21.8 Å². The molecule has 43 heavy (non-hydrogen) atoms. The first-order valence-corrected chi connectivity index (χ1v) is 15.6. The van der Waals surface area contributed by atoms with Crippen LogP contribution in [0.4, 0.5) is 22.7 Å². The van der Waals surface area contributed by atoms with E-state index < -0.39 is 10.0 Å². The highest BCUT2D eigenvalue weighted by Crippen LogP contribution is 2.42. The van der Waals surface area contributed by atoms with Crippen molar-refractivity contribution in [3.63, 3.8) is 0 Å². The van der Waals surface area contributed by atoms with Crippen molar-refractivity contribution in [1.29, 1.82) is 0 Å². The van der Waals surface area contributed by atoms with Crippen molar-refractivity contribution in [3.05, 3.63) is 120 Å². The third-order valence-corrected chi connectivity index (χ3v) is 9.82. The summed E-state index contributed by atoms with van der Waals surface area (Å²) in [6, 6.07) is 32.0. The van der Waals surface area contributed by atoms with E-state index in [4.69, 9.17) is 0 Å². The van der Waals surface area contributed by atoms with E-state index in [-0.39, 0.29) is 24.0 Å². The summed E-state index contributed by atoms with van der Waals surface area (Å²) in [7, 11) is -2.11. The topological polar surface area (TPSA) is 86.8 Å². The Kier molecular flexibility index (Phi) is 7.23. The number of hydrogen-bond donors (Lipinski definition) is 1. The van der Waals surface area contributed by atoms with Gasteiger partial charge >= 0.3 is 0 Å². The maximum Gasteiger partial charge on any atom is 0.241 e. The Hall–Kier alpha value is -4.95. The second-order valence-corrected chi connectivity index (χ2v) is 12.8. The van der Waals surface area contributed by atoms with Gasteiger partial charge in [0.1, 0.15) is 6.42 Å². The number of nitrogens with one attached hydrogen (secondary N) is 1. The van der Waals surface area contributed by atoms with Crippen molar-refractivity contribution in [2.45, 2.75) is 26.0 Å². The van der Waals surface area contributed by atoms with Gasteiger partial charge < -0.3 is 5.32 Å². The molecule has 5 aromatic rings. The van der Waals surface area contributed by atoms with Crippen LogP contribution in [0.3, 0.4) is 0 Å². The molecule has 2 amide bonds. The molecular formula is C35H31N3O4S. The molecule has 0 spiro atoms. The van der Waals surface area contributed by atoms with Crippen molar-refractivity contribution in [2.75, 3.05) is 21.6 Å². The number of carbonyl (C=O) groups excluding carboxylic acids is 2. The van der Waals surface area contributed by atoms with Gasteiger partial charge in [0, 0.05) is 23.7 Å². The van der Waals surface area contributed by atoms with Crippen LogP contribution in [0.25, 0.3) is 21.9 Å². The van der Waals surface area contributed by atoms with Crippen LogP contribution >= 0.6 is 0 Å². The van der Waals surface area contributed by atoms with Crippen LogP contribution in [-0.2, 0) is 25.4 Å². The molecule has 0 aliphatic carbocycles. The summed E-state index contributed by atoms with van der Waals surface area (Å²) < 4.78 is 28.5. The Labute approximate surface area is 251 Å². The molecule has 216 valence electrons. The Morgan fingerprint density at radius 3 is 2.33 bits per heavy atom. The fourth-order valence-electron chi connectivity index (χ4n) is 5.60. The van der Waals surface area contributed by atoms with Gasteiger partial charge in [-0.05, 0) is 65.8 Å². The minimum Gasteiger partial charge on any atom is -0.324 e. The van der Waals surface area contributed by atoms with Gasteiger partial charge in [-0.1, -0.05) is 78.9 Å². The summed E-state index contributed by atoms with van der Waals surface area (Å²) >= 11 is 0. The molecule has 1 aliphatic heterocycles. The summed E-state index contributed by atoms with van der Waals surface area (Å²) in [5, 5.41) is 4.67. The molecule has 0 bridgehead atoms. The third kappa shape index (κ3) is 5.26. The van der Waals surface area contributed by atoms with Gasteiger partial charge in [-0.15, -0.1) is 0 Å². The van der Waals surface area contributed by atoms with Gasteiger partial charge in [0.15, 0.2) is 0 Å². The summed E-state index contributed by atoms with van der Waals surface area (Å²) in [4.78, 5) is 27.5. The molecule has 0 unspecified atom stereocenters. The summed E-state index contributed by atoms with van der Waals surface area (Å²) in [5.74, 6) is -0.806. The molecule has 1 N–H and O–H groups in total. The zero-order chi connectivity index (χ0) is 30.3. The zero-order valence-electron chi connectivity index (χ0n) is 24.2. The SMILES string of the molecule is Cc1cccc(CS(=O)(=O)N(C)c2ccccc2-c2ccc(N3C(=O)CC(=O)Nc4ccc5ccccc5c43)cc2)c1C. The number of benzene rings is 5. The number of para-hydroxylation sites is 1. The van der Waals surface area contributed by atoms with Crippen molar-refractivity contribution in [3.8, 4) is 11.1 Å². The molecule has 0 saturated heterocycles. The van der Waals surface area contributed by atoms with E-state index in [0.717, 1.165) is 38.6 Å². The molecule has 1 aliphatic rings. The predicted octanol–water partition coefficient (Wildman–Crippen LogP) is 7.10. The minimum absolute atomic E-state index is 0.110. The maximum absolute atomic E-state index is 13.6. The quantitative estimate of drug-likeness (QED) is 0.214. The van der Waals surface area contributed by atoms with Crippen LogP contribution < -0.4 is 14.5 Å². The lowest BCUT2D eigenvalue weighted by Gasteiger charge is -2.25. The number of anilines is 4. The normalized spacial score (nSPS) is 13.4. The van der Waals surface area contributed by atoms with Crippen LogP contribution in [0.1, 0.15) is 23.1 Å². The highest BCUT2D eigenvalue weighted by molar-refractivity contribution is 7.92. The maximum atomic E-state index is 13.6. The molecule has 0 saturated carbocycles. The van der Waals surface area contributed by atoms with E-state index in [9.17, 15) is 18.0 Å². The number of rotatable bonds is 6. The average Bonchev–Trinajstić information content (AvgIpc) is 3.13. The molecule has 0 radical (unpaired) electrons. The van der Waals surface area contributed by atoms with Crippen LogP contribution in [0.15, 0.2) is 103 Å². The first-order chi connectivity index (χ1) is 20.6. The first-order valence-electron chi connectivity index (χ1n) is 14.0. The summed E-state index contributed by atoms with van der Waals surface area (Å²) in [5.41, 5.74) is 6.69. The molecule has 0 fully saturated rings. The van der Waals surface area contributed by atoms with E-state index in [2.05, 4.69) is 5.32 Å². The van der Waals surface area contributed by atoms with Crippen LogP contribution in [0, 0.1) is 13.8 Å².